The van der Waals surface area contributed by atoms with Gasteiger partial charge in [0.1, 0.15) is 0 Å². The Morgan fingerprint density at radius 1 is 0.960 bits per heavy atom. The maximum Gasteiger partial charge on any atom is 0.339 e. The molecule has 1 fully saturated rings. The monoisotopic (exact) mass is 337 g/mol. The molecule has 0 bridgehead atoms. The molecule has 0 aliphatic carbocycles. The van der Waals surface area contributed by atoms with Gasteiger partial charge in [-0.3, -0.25) is 4.79 Å². The molecule has 0 aromatic heterocycles. The minimum absolute atomic E-state index is 0.132. The average Bonchev–Trinajstić information content (AvgIpc) is 2.67. The molecule has 4 heteroatoms. The molecule has 130 valence electrons. The molecule has 1 aliphatic rings. The van der Waals surface area contributed by atoms with Crippen LogP contribution in [0.1, 0.15) is 46.9 Å². The summed E-state index contributed by atoms with van der Waals surface area (Å²) in [6.45, 7) is 3.37. The van der Waals surface area contributed by atoms with Gasteiger partial charge in [0, 0.05) is 18.7 Å². The molecule has 1 heterocycles. The minimum Gasteiger partial charge on any atom is -0.444 e. The number of hydrogen-bond donors (Lipinski definition) is 0. The van der Waals surface area contributed by atoms with E-state index in [0.29, 0.717) is 11.1 Å². The van der Waals surface area contributed by atoms with Gasteiger partial charge in [-0.25, -0.2) is 4.79 Å². The number of ether oxygens (including phenoxy) is 1. The van der Waals surface area contributed by atoms with Crippen LogP contribution in [0, 0.1) is 6.92 Å². The molecular weight excluding hydrogens is 314 g/mol. The van der Waals surface area contributed by atoms with Crippen LogP contribution in [0.25, 0.3) is 0 Å². The summed E-state index contributed by atoms with van der Waals surface area (Å²) in [7, 11) is 0. The van der Waals surface area contributed by atoms with Crippen LogP contribution in [0.3, 0.4) is 0 Å². The molecule has 1 unspecified atom stereocenters. The number of piperidine rings is 1. The third-order valence-electron chi connectivity index (χ3n) is 4.47. The van der Waals surface area contributed by atoms with E-state index in [1.54, 1.807) is 12.1 Å². The summed E-state index contributed by atoms with van der Waals surface area (Å²) in [5.74, 6) is -0.602. The van der Waals surface area contributed by atoms with Crippen LogP contribution in [0.4, 0.5) is 0 Å². The maximum absolute atomic E-state index is 13.0. The van der Waals surface area contributed by atoms with Gasteiger partial charge in [0.15, 0.2) is 0 Å². The molecule has 1 amide bonds. The van der Waals surface area contributed by atoms with Crippen molar-refractivity contribution in [1.82, 2.24) is 4.90 Å². The smallest absolute Gasteiger partial charge is 0.339 e. The van der Waals surface area contributed by atoms with Gasteiger partial charge >= 0.3 is 5.97 Å². The Morgan fingerprint density at radius 2 is 1.68 bits per heavy atom. The highest BCUT2D eigenvalue weighted by atomic mass is 16.5. The average molecular weight is 337 g/mol. The lowest BCUT2D eigenvalue weighted by Gasteiger charge is -2.30. The van der Waals surface area contributed by atoms with E-state index in [0.717, 1.165) is 37.9 Å². The van der Waals surface area contributed by atoms with Gasteiger partial charge in [0.2, 0.25) is 6.10 Å². The predicted molar refractivity (Wildman–Crippen MR) is 96.2 cm³/mol. The topological polar surface area (TPSA) is 46.6 Å². The highest BCUT2D eigenvalue weighted by Crippen LogP contribution is 2.24. The van der Waals surface area contributed by atoms with Gasteiger partial charge < -0.3 is 9.64 Å². The standard InChI is InChI=1S/C21H23NO3/c1-16-9-8-12-18(15-16)21(24)25-19(17-10-4-2-5-11-17)20(23)22-13-6-3-7-14-22/h2,4-5,8-12,15,19H,3,6-7,13-14H2,1H3. The van der Waals surface area contributed by atoms with Crippen LogP contribution >= 0.6 is 0 Å². The first-order chi connectivity index (χ1) is 12.1. The van der Waals surface area contributed by atoms with E-state index in [9.17, 15) is 9.59 Å². The van der Waals surface area contributed by atoms with Crippen molar-refractivity contribution in [3.63, 3.8) is 0 Å². The molecule has 2 aromatic carbocycles. The molecule has 0 radical (unpaired) electrons. The van der Waals surface area contributed by atoms with Crippen LogP contribution in [0.5, 0.6) is 0 Å². The summed E-state index contributed by atoms with van der Waals surface area (Å²) < 4.78 is 5.66. The Balaban J connectivity index is 1.83. The summed E-state index contributed by atoms with van der Waals surface area (Å²) >= 11 is 0. The van der Waals surface area contributed by atoms with Crippen LogP contribution in [0.2, 0.25) is 0 Å². The van der Waals surface area contributed by atoms with Gasteiger partial charge in [0.05, 0.1) is 5.56 Å². The quantitative estimate of drug-likeness (QED) is 0.795. The van der Waals surface area contributed by atoms with Crippen LogP contribution in [0.15, 0.2) is 54.6 Å². The second-order valence-corrected chi connectivity index (χ2v) is 6.45. The maximum atomic E-state index is 13.0. The summed E-state index contributed by atoms with van der Waals surface area (Å²) in [6, 6.07) is 16.5. The fourth-order valence-corrected chi connectivity index (χ4v) is 3.12. The molecule has 25 heavy (non-hydrogen) atoms. The molecule has 0 saturated carbocycles. The lowest BCUT2D eigenvalue weighted by Crippen LogP contribution is -2.40. The van der Waals surface area contributed by atoms with E-state index in [4.69, 9.17) is 4.74 Å². The summed E-state index contributed by atoms with van der Waals surface area (Å²) in [6.07, 6.45) is 2.24. The highest BCUT2D eigenvalue weighted by Gasteiger charge is 2.30. The van der Waals surface area contributed by atoms with E-state index in [1.807, 2.05) is 54.3 Å². The van der Waals surface area contributed by atoms with Crippen molar-refractivity contribution in [2.24, 2.45) is 0 Å². The molecule has 1 saturated heterocycles. The Hall–Kier alpha value is -2.62. The fourth-order valence-electron chi connectivity index (χ4n) is 3.12. The van der Waals surface area contributed by atoms with Gasteiger partial charge in [-0.1, -0.05) is 48.0 Å². The van der Waals surface area contributed by atoms with E-state index in [-0.39, 0.29) is 5.91 Å². The van der Waals surface area contributed by atoms with E-state index >= 15 is 0 Å². The van der Waals surface area contributed by atoms with Crippen molar-refractivity contribution in [3.8, 4) is 0 Å². The van der Waals surface area contributed by atoms with Crippen LogP contribution < -0.4 is 0 Å². The first-order valence-corrected chi connectivity index (χ1v) is 8.76. The number of aryl methyl sites for hydroxylation is 1. The molecule has 0 N–H and O–H groups in total. The van der Waals surface area contributed by atoms with Crippen molar-refractivity contribution in [2.75, 3.05) is 13.1 Å². The van der Waals surface area contributed by atoms with E-state index < -0.39 is 12.1 Å². The number of nitrogens with zero attached hydrogens (tertiary/aromatic N) is 1. The Kier molecular flexibility index (Phi) is 5.49. The molecule has 4 nitrogen and oxygen atoms in total. The van der Waals surface area contributed by atoms with Crippen LogP contribution in [-0.4, -0.2) is 29.9 Å². The highest BCUT2D eigenvalue weighted by molar-refractivity contribution is 5.92. The largest absolute Gasteiger partial charge is 0.444 e. The fraction of sp³-hybridized carbons (Fsp3) is 0.333. The number of amides is 1. The summed E-state index contributed by atoms with van der Waals surface area (Å²) in [5.41, 5.74) is 2.15. The van der Waals surface area contributed by atoms with Crippen molar-refractivity contribution in [2.45, 2.75) is 32.3 Å². The van der Waals surface area contributed by atoms with Crippen molar-refractivity contribution < 1.29 is 14.3 Å². The zero-order valence-electron chi connectivity index (χ0n) is 14.5. The molecule has 1 atom stereocenters. The van der Waals surface area contributed by atoms with E-state index in [1.165, 1.54) is 0 Å². The lowest BCUT2D eigenvalue weighted by molar-refractivity contribution is -0.142. The normalized spacial score (nSPS) is 15.5. The zero-order valence-corrected chi connectivity index (χ0v) is 14.5. The molecule has 3 rings (SSSR count). The van der Waals surface area contributed by atoms with E-state index in [2.05, 4.69) is 0 Å². The Labute approximate surface area is 148 Å². The minimum atomic E-state index is -0.896. The SMILES string of the molecule is Cc1cccc(C(=O)OC(C(=O)N2CCCCC2)c2ccccc2)c1. The first kappa shape index (κ1) is 17.2. The third-order valence-corrected chi connectivity index (χ3v) is 4.47. The number of carbonyl (C=O) groups is 2. The van der Waals surface area contributed by atoms with Crippen molar-refractivity contribution in [1.29, 1.82) is 0 Å². The van der Waals surface area contributed by atoms with Crippen LogP contribution in [-0.2, 0) is 9.53 Å². The number of benzene rings is 2. The van der Waals surface area contributed by atoms with Gasteiger partial charge in [0.25, 0.3) is 5.91 Å². The lowest BCUT2D eigenvalue weighted by atomic mass is 10.1. The number of carbonyl (C=O) groups excluding carboxylic acids is 2. The number of likely N-dealkylation sites (tertiary alicyclic amines) is 1. The van der Waals surface area contributed by atoms with Crippen molar-refractivity contribution >= 4 is 11.9 Å². The Morgan fingerprint density at radius 3 is 2.36 bits per heavy atom. The molecule has 1 aliphatic heterocycles. The van der Waals surface area contributed by atoms with Gasteiger partial charge in [-0.2, -0.15) is 0 Å². The number of esters is 1. The number of rotatable bonds is 4. The Bertz CT molecular complexity index is 736. The first-order valence-electron chi connectivity index (χ1n) is 8.76. The summed E-state index contributed by atoms with van der Waals surface area (Å²) in [4.78, 5) is 27.4. The van der Waals surface area contributed by atoms with Gasteiger partial charge in [-0.15, -0.1) is 0 Å². The second kappa shape index (κ2) is 7.97. The summed E-state index contributed by atoms with van der Waals surface area (Å²) in [5, 5.41) is 0. The zero-order chi connectivity index (χ0) is 17.6. The second-order valence-electron chi connectivity index (χ2n) is 6.45. The molecule has 0 spiro atoms. The van der Waals surface area contributed by atoms with Crippen molar-refractivity contribution in [3.05, 3.63) is 71.3 Å². The molecule has 2 aromatic rings. The predicted octanol–water partition coefficient (Wildman–Crippen LogP) is 3.91. The third kappa shape index (κ3) is 4.27. The molecular formula is C21H23NO3. The number of hydrogen-bond acceptors (Lipinski definition) is 3. The van der Waals surface area contributed by atoms with Gasteiger partial charge in [-0.05, 0) is 38.3 Å².